The Morgan fingerprint density at radius 2 is 2.11 bits per heavy atom. The van der Waals surface area contributed by atoms with Crippen LogP contribution < -0.4 is 5.32 Å². The number of halogens is 1. The molecule has 0 fully saturated rings. The first-order valence-corrected chi connectivity index (χ1v) is 7.34. The molecule has 1 heterocycles. The minimum absolute atomic E-state index is 0.220. The van der Waals surface area contributed by atoms with E-state index in [1.807, 2.05) is 19.9 Å². The summed E-state index contributed by atoms with van der Waals surface area (Å²) in [5.41, 5.74) is 0. The smallest absolute Gasteiger partial charge is 0.326 e. The molecule has 0 saturated carbocycles. The van der Waals surface area contributed by atoms with Gasteiger partial charge < -0.3 is 10.4 Å². The molecule has 0 aliphatic carbocycles. The molecule has 1 amide bonds. The zero-order chi connectivity index (χ0) is 14.4. The van der Waals surface area contributed by atoms with Gasteiger partial charge in [-0.1, -0.05) is 25.4 Å². The van der Waals surface area contributed by atoms with E-state index in [2.05, 4.69) is 5.32 Å². The Labute approximate surface area is 121 Å². The van der Waals surface area contributed by atoms with Gasteiger partial charge in [0.15, 0.2) is 0 Å². The maximum atomic E-state index is 11.7. The number of carboxylic acid groups (broad SMARTS) is 1. The van der Waals surface area contributed by atoms with Crippen molar-refractivity contribution in [3.05, 3.63) is 21.3 Å². The molecule has 0 aliphatic heterocycles. The Kier molecular flexibility index (Phi) is 6.31. The van der Waals surface area contributed by atoms with Crippen LogP contribution in [0.5, 0.6) is 0 Å². The molecule has 1 aromatic heterocycles. The van der Waals surface area contributed by atoms with E-state index in [4.69, 9.17) is 16.7 Å². The lowest BCUT2D eigenvalue weighted by Gasteiger charge is -2.16. The fourth-order valence-electron chi connectivity index (χ4n) is 1.68. The average molecular weight is 304 g/mol. The van der Waals surface area contributed by atoms with Crippen LogP contribution in [0.4, 0.5) is 0 Å². The minimum atomic E-state index is -0.985. The number of hydrogen-bond acceptors (Lipinski definition) is 3. The Morgan fingerprint density at radius 1 is 1.42 bits per heavy atom. The fourth-order valence-corrected chi connectivity index (χ4v) is 2.77. The van der Waals surface area contributed by atoms with Crippen molar-refractivity contribution < 1.29 is 14.7 Å². The lowest BCUT2D eigenvalue weighted by molar-refractivity contribution is -0.142. The first-order chi connectivity index (χ1) is 8.88. The highest BCUT2D eigenvalue weighted by Gasteiger charge is 2.20. The fraction of sp³-hybridized carbons (Fsp3) is 0.538. The first kappa shape index (κ1) is 16.0. The van der Waals surface area contributed by atoms with Crippen molar-refractivity contribution in [2.75, 3.05) is 0 Å². The number of aryl methyl sites for hydroxylation is 1. The highest BCUT2D eigenvalue weighted by Crippen LogP contribution is 2.22. The van der Waals surface area contributed by atoms with Crippen molar-refractivity contribution in [1.82, 2.24) is 5.32 Å². The van der Waals surface area contributed by atoms with Crippen molar-refractivity contribution in [2.24, 2.45) is 5.92 Å². The molecular formula is C13H18ClNO3S. The van der Waals surface area contributed by atoms with Crippen LogP contribution >= 0.6 is 22.9 Å². The summed E-state index contributed by atoms with van der Waals surface area (Å²) in [6.07, 6.45) is 1.29. The summed E-state index contributed by atoms with van der Waals surface area (Å²) in [5.74, 6) is -1.00. The molecule has 1 rings (SSSR count). The molecule has 0 bridgehead atoms. The van der Waals surface area contributed by atoms with E-state index in [-0.39, 0.29) is 18.2 Å². The molecule has 6 heteroatoms. The Balaban J connectivity index is 2.42. The van der Waals surface area contributed by atoms with Gasteiger partial charge in [-0.05, 0) is 30.9 Å². The van der Waals surface area contributed by atoms with Crippen LogP contribution in [0.2, 0.25) is 4.34 Å². The second-order valence-corrected chi connectivity index (χ2v) is 6.59. The van der Waals surface area contributed by atoms with Gasteiger partial charge in [-0.3, -0.25) is 4.79 Å². The molecule has 4 nitrogen and oxygen atoms in total. The Bertz CT molecular complexity index is 445. The van der Waals surface area contributed by atoms with E-state index in [0.29, 0.717) is 17.2 Å². The van der Waals surface area contributed by atoms with Crippen LogP contribution in [-0.2, 0) is 16.0 Å². The van der Waals surface area contributed by atoms with Crippen LogP contribution in [0.25, 0.3) is 0 Å². The molecule has 0 unspecified atom stereocenters. The van der Waals surface area contributed by atoms with Gasteiger partial charge in [-0.15, -0.1) is 11.3 Å². The van der Waals surface area contributed by atoms with Crippen molar-refractivity contribution in [3.8, 4) is 0 Å². The first-order valence-electron chi connectivity index (χ1n) is 6.15. The van der Waals surface area contributed by atoms with Crippen molar-refractivity contribution in [2.45, 2.75) is 39.2 Å². The summed E-state index contributed by atoms with van der Waals surface area (Å²) in [4.78, 5) is 23.8. The van der Waals surface area contributed by atoms with E-state index in [0.717, 1.165) is 4.88 Å². The monoisotopic (exact) mass is 303 g/mol. The highest BCUT2D eigenvalue weighted by molar-refractivity contribution is 7.16. The van der Waals surface area contributed by atoms with E-state index in [9.17, 15) is 9.59 Å². The number of amides is 1. The van der Waals surface area contributed by atoms with E-state index < -0.39 is 12.0 Å². The van der Waals surface area contributed by atoms with Gasteiger partial charge in [0, 0.05) is 11.3 Å². The summed E-state index contributed by atoms with van der Waals surface area (Å²) in [6, 6.07) is 2.86. The lowest BCUT2D eigenvalue weighted by Crippen LogP contribution is -2.41. The predicted molar refractivity (Wildman–Crippen MR) is 76.7 cm³/mol. The molecule has 0 saturated heterocycles. The van der Waals surface area contributed by atoms with E-state index in [1.54, 1.807) is 6.07 Å². The largest absolute Gasteiger partial charge is 0.480 e. The summed E-state index contributed by atoms with van der Waals surface area (Å²) >= 11 is 7.23. The quantitative estimate of drug-likeness (QED) is 0.814. The van der Waals surface area contributed by atoms with Gasteiger partial charge in [0.2, 0.25) is 5.91 Å². The molecule has 0 aromatic carbocycles. The average Bonchev–Trinajstić information content (AvgIpc) is 2.71. The zero-order valence-corrected chi connectivity index (χ0v) is 12.6. The molecule has 0 aliphatic rings. The Hall–Kier alpha value is -1.07. The van der Waals surface area contributed by atoms with Gasteiger partial charge in [-0.25, -0.2) is 4.79 Å². The topological polar surface area (TPSA) is 66.4 Å². The number of nitrogens with one attached hydrogen (secondary N) is 1. The number of thiophene rings is 1. The SMILES string of the molecule is CC(C)C[C@@H](NC(=O)CCc1ccc(Cl)s1)C(=O)O. The maximum Gasteiger partial charge on any atom is 0.326 e. The molecule has 1 aromatic rings. The molecule has 0 radical (unpaired) electrons. The Morgan fingerprint density at radius 3 is 2.58 bits per heavy atom. The predicted octanol–water partition coefficient (Wildman–Crippen LogP) is 2.95. The van der Waals surface area contributed by atoms with Gasteiger partial charge >= 0.3 is 5.97 Å². The summed E-state index contributed by atoms with van der Waals surface area (Å²) < 4.78 is 0.693. The van der Waals surface area contributed by atoms with Crippen LogP contribution in [-0.4, -0.2) is 23.0 Å². The third-order valence-electron chi connectivity index (χ3n) is 2.57. The van der Waals surface area contributed by atoms with Crippen molar-refractivity contribution >= 4 is 34.8 Å². The number of carboxylic acids is 1. The number of aliphatic carboxylic acids is 1. The summed E-state index contributed by atoms with van der Waals surface area (Å²) in [5, 5.41) is 11.6. The third-order valence-corrected chi connectivity index (χ3v) is 3.86. The molecule has 106 valence electrons. The lowest BCUT2D eigenvalue weighted by atomic mass is 10.0. The number of carbonyl (C=O) groups excluding carboxylic acids is 1. The summed E-state index contributed by atoms with van der Waals surface area (Å²) in [6.45, 7) is 3.85. The van der Waals surface area contributed by atoms with Crippen molar-refractivity contribution in [3.63, 3.8) is 0 Å². The molecule has 2 N–H and O–H groups in total. The molecule has 1 atom stereocenters. The normalized spacial score (nSPS) is 12.4. The van der Waals surface area contributed by atoms with Crippen LogP contribution in [0.3, 0.4) is 0 Å². The van der Waals surface area contributed by atoms with Gasteiger partial charge in [-0.2, -0.15) is 0 Å². The second kappa shape index (κ2) is 7.50. The molecular weight excluding hydrogens is 286 g/mol. The standard InChI is InChI=1S/C13H18ClNO3S/c1-8(2)7-10(13(17)18)15-12(16)6-4-9-3-5-11(14)19-9/h3,5,8,10H,4,6-7H2,1-2H3,(H,15,16)(H,17,18)/t10-/m1/s1. The minimum Gasteiger partial charge on any atom is -0.480 e. The summed E-state index contributed by atoms with van der Waals surface area (Å²) in [7, 11) is 0. The van der Waals surface area contributed by atoms with Gasteiger partial charge in [0.05, 0.1) is 4.34 Å². The third kappa shape index (κ3) is 6.07. The van der Waals surface area contributed by atoms with E-state index >= 15 is 0 Å². The second-order valence-electron chi connectivity index (χ2n) is 4.79. The van der Waals surface area contributed by atoms with Crippen molar-refractivity contribution in [1.29, 1.82) is 0 Å². The highest BCUT2D eigenvalue weighted by atomic mass is 35.5. The maximum absolute atomic E-state index is 11.7. The van der Waals surface area contributed by atoms with Crippen LogP contribution in [0, 0.1) is 5.92 Å². The van der Waals surface area contributed by atoms with Gasteiger partial charge in [0.1, 0.15) is 6.04 Å². The zero-order valence-electron chi connectivity index (χ0n) is 11.0. The van der Waals surface area contributed by atoms with Crippen LogP contribution in [0.15, 0.2) is 12.1 Å². The number of hydrogen-bond donors (Lipinski definition) is 2. The number of rotatable bonds is 7. The molecule has 19 heavy (non-hydrogen) atoms. The number of carbonyl (C=O) groups is 2. The van der Waals surface area contributed by atoms with Gasteiger partial charge in [0.25, 0.3) is 0 Å². The molecule has 0 spiro atoms. The van der Waals surface area contributed by atoms with Crippen LogP contribution in [0.1, 0.15) is 31.6 Å². The van der Waals surface area contributed by atoms with E-state index in [1.165, 1.54) is 11.3 Å².